The number of thioether (sulfide) groups is 1. The van der Waals surface area contributed by atoms with Crippen molar-refractivity contribution in [3.05, 3.63) is 30.1 Å². The Morgan fingerprint density at radius 3 is 2.26 bits per heavy atom. The Bertz CT molecular complexity index is 882. The molecule has 3 amide bonds. The van der Waals surface area contributed by atoms with Crippen LogP contribution in [0, 0.1) is 5.82 Å². The summed E-state index contributed by atoms with van der Waals surface area (Å²) in [7, 11) is 0. The predicted octanol–water partition coefficient (Wildman–Crippen LogP) is 0.178. The lowest BCUT2D eigenvalue weighted by Crippen LogP contribution is -2.49. The van der Waals surface area contributed by atoms with Crippen LogP contribution >= 0.6 is 11.8 Å². The highest BCUT2D eigenvalue weighted by atomic mass is 32.2. The Labute approximate surface area is 200 Å². The van der Waals surface area contributed by atoms with Crippen LogP contribution < -0.4 is 21.3 Å². The molecule has 0 radical (unpaired) electrons. The molecule has 0 aliphatic carbocycles. The number of carbonyl (C=O) groups is 5. The first-order valence-electron chi connectivity index (χ1n) is 10.3. The predicted molar refractivity (Wildman–Crippen MR) is 124 cm³/mol. The lowest BCUT2D eigenvalue weighted by Gasteiger charge is -2.27. The van der Waals surface area contributed by atoms with Crippen molar-refractivity contribution >= 4 is 47.1 Å². The van der Waals surface area contributed by atoms with Crippen LogP contribution in [0.3, 0.4) is 0 Å². The van der Waals surface area contributed by atoms with E-state index < -0.39 is 48.2 Å². The number of hydrogen-bond donors (Lipinski definition) is 5. The topological polar surface area (TPSA) is 179 Å². The minimum Gasteiger partial charge on any atom is -0.480 e. The van der Waals surface area contributed by atoms with Crippen LogP contribution in [0.5, 0.6) is 0 Å². The van der Waals surface area contributed by atoms with Gasteiger partial charge in [-0.05, 0) is 44.5 Å². The molecular weight excluding hydrogens is 471 g/mol. The minimum atomic E-state index is -1.28. The Balaban J connectivity index is 2.77. The van der Waals surface area contributed by atoms with Gasteiger partial charge in [0.15, 0.2) is 0 Å². The number of anilines is 1. The Hall–Kier alpha value is -3.19. The molecule has 13 heteroatoms. The summed E-state index contributed by atoms with van der Waals surface area (Å²) in [6.07, 6.45) is -0.414. The first-order chi connectivity index (χ1) is 15.9. The third-order valence-electron chi connectivity index (χ3n) is 4.47. The highest BCUT2D eigenvalue weighted by molar-refractivity contribution is 8.00. The fourth-order valence-electron chi connectivity index (χ4n) is 2.81. The number of halogens is 1. The maximum Gasteiger partial charge on any atom is 0.322 e. The van der Waals surface area contributed by atoms with Crippen molar-refractivity contribution in [1.82, 2.24) is 10.6 Å². The van der Waals surface area contributed by atoms with E-state index in [9.17, 15) is 28.4 Å². The summed E-state index contributed by atoms with van der Waals surface area (Å²) in [6.45, 7) is 2.91. The van der Waals surface area contributed by atoms with Gasteiger partial charge in [0.25, 0.3) is 0 Å². The SMILES string of the molecule is CC(C)N(C(=O)CSC[C@H](NC(=O)CC[C@H](N)C(=O)O)C(=O)NCC(=O)O)c1ccc(F)cc1. The average Bonchev–Trinajstić information content (AvgIpc) is 2.76. The lowest BCUT2D eigenvalue weighted by atomic mass is 10.1. The number of nitrogens with two attached hydrogens (primary N) is 1. The molecule has 1 aromatic carbocycles. The molecule has 11 nitrogen and oxygen atoms in total. The molecule has 0 bridgehead atoms. The van der Waals surface area contributed by atoms with E-state index in [0.717, 1.165) is 11.8 Å². The minimum absolute atomic E-state index is 0.0523. The maximum atomic E-state index is 13.2. The standard InChI is InChI=1S/C21H29FN4O7S/c1-12(2)26(14-5-3-13(22)4-6-14)18(28)11-34-10-16(20(31)24-9-19(29)30)25-17(27)8-7-15(23)21(32)33/h3-6,12,15-16H,7-11,23H2,1-2H3,(H,24,31)(H,25,27)(H,29,30)(H,32,33)/t15-,16-/m0/s1. The van der Waals surface area contributed by atoms with Crippen LogP contribution in [-0.4, -0.2) is 76.0 Å². The van der Waals surface area contributed by atoms with Gasteiger partial charge < -0.3 is 31.5 Å². The van der Waals surface area contributed by atoms with Crippen LogP contribution in [-0.2, 0) is 24.0 Å². The molecular formula is C21H29FN4O7S. The second-order valence-corrected chi connectivity index (χ2v) is 8.59. The molecule has 0 aliphatic heterocycles. The van der Waals surface area contributed by atoms with Crippen LogP contribution in [0.1, 0.15) is 26.7 Å². The van der Waals surface area contributed by atoms with E-state index in [0.29, 0.717) is 5.69 Å². The van der Waals surface area contributed by atoms with Crippen LogP contribution in [0.25, 0.3) is 0 Å². The number of aliphatic carboxylic acids is 2. The monoisotopic (exact) mass is 500 g/mol. The summed E-state index contributed by atoms with van der Waals surface area (Å²) in [5.74, 6) is -4.83. The molecule has 1 rings (SSSR count). The Morgan fingerprint density at radius 1 is 1.12 bits per heavy atom. The molecule has 0 heterocycles. The molecule has 188 valence electrons. The third kappa shape index (κ3) is 10.2. The van der Waals surface area contributed by atoms with Gasteiger partial charge in [-0.2, -0.15) is 0 Å². The van der Waals surface area contributed by atoms with Gasteiger partial charge in [0.1, 0.15) is 24.4 Å². The fourth-order valence-corrected chi connectivity index (χ4v) is 3.71. The average molecular weight is 501 g/mol. The number of carbonyl (C=O) groups excluding carboxylic acids is 3. The number of benzene rings is 1. The zero-order valence-electron chi connectivity index (χ0n) is 18.8. The van der Waals surface area contributed by atoms with E-state index in [4.69, 9.17) is 15.9 Å². The number of nitrogens with one attached hydrogen (secondary N) is 2. The number of hydrogen-bond acceptors (Lipinski definition) is 7. The van der Waals surface area contributed by atoms with Crippen molar-refractivity contribution in [2.75, 3.05) is 23.0 Å². The number of carboxylic acid groups (broad SMARTS) is 2. The van der Waals surface area contributed by atoms with Crippen molar-refractivity contribution in [1.29, 1.82) is 0 Å². The van der Waals surface area contributed by atoms with E-state index in [1.165, 1.54) is 29.2 Å². The number of nitrogens with zero attached hydrogens (tertiary/aromatic N) is 1. The van der Waals surface area contributed by atoms with Crippen molar-refractivity contribution < 1.29 is 38.6 Å². The molecule has 0 fully saturated rings. The first-order valence-corrected chi connectivity index (χ1v) is 11.5. The van der Waals surface area contributed by atoms with Gasteiger partial charge in [-0.3, -0.25) is 24.0 Å². The molecule has 6 N–H and O–H groups in total. The highest BCUT2D eigenvalue weighted by Gasteiger charge is 2.24. The maximum absolute atomic E-state index is 13.2. The highest BCUT2D eigenvalue weighted by Crippen LogP contribution is 2.19. The largest absolute Gasteiger partial charge is 0.480 e. The van der Waals surface area contributed by atoms with E-state index in [-0.39, 0.29) is 36.3 Å². The molecule has 2 atom stereocenters. The van der Waals surface area contributed by atoms with Gasteiger partial charge in [0, 0.05) is 23.9 Å². The van der Waals surface area contributed by atoms with Gasteiger partial charge in [-0.25, -0.2) is 4.39 Å². The molecule has 0 saturated carbocycles. The molecule has 34 heavy (non-hydrogen) atoms. The van der Waals surface area contributed by atoms with Gasteiger partial charge >= 0.3 is 11.9 Å². The molecule has 0 saturated heterocycles. The van der Waals surface area contributed by atoms with Crippen LogP contribution in [0.4, 0.5) is 10.1 Å². The zero-order chi connectivity index (χ0) is 25.8. The Morgan fingerprint density at radius 2 is 1.74 bits per heavy atom. The number of amides is 3. The number of rotatable bonds is 14. The number of carboxylic acids is 2. The van der Waals surface area contributed by atoms with Crippen molar-refractivity contribution in [2.45, 2.75) is 44.8 Å². The van der Waals surface area contributed by atoms with Crippen molar-refractivity contribution in [3.8, 4) is 0 Å². The molecule has 0 unspecified atom stereocenters. The Kier molecular flexibility index (Phi) is 12.0. The summed E-state index contributed by atoms with van der Waals surface area (Å²) < 4.78 is 13.2. The molecule has 0 aromatic heterocycles. The smallest absolute Gasteiger partial charge is 0.322 e. The second-order valence-electron chi connectivity index (χ2n) is 7.56. The van der Waals surface area contributed by atoms with Crippen LogP contribution in [0.2, 0.25) is 0 Å². The van der Waals surface area contributed by atoms with Gasteiger partial charge in [-0.15, -0.1) is 11.8 Å². The summed E-state index contributed by atoms with van der Waals surface area (Å²) >= 11 is 1.04. The van der Waals surface area contributed by atoms with E-state index in [1.807, 2.05) is 0 Å². The fraction of sp³-hybridized carbons (Fsp3) is 0.476. The summed E-state index contributed by atoms with van der Waals surface area (Å²) in [5.41, 5.74) is 5.87. The van der Waals surface area contributed by atoms with E-state index in [1.54, 1.807) is 13.8 Å². The second kappa shape index (κ2) is 14.2. The normalized spacial score (nSPS) is 12.5. The van der Waals surface area contributed by atoms with Crippen LogP contribution in [0.15, 0.2) is 24.3 Å². The quantitative estimate of drug-likeness (QED) is 0.238. The molecule has 0 aliphatic rings. The van der Waals surface area contributed by atoms with E-state index >= 15 is 0 Å². The summed E-state index contributed by atoms with van der Waals surface area (Å²) in [4.78, 5) is 60.3. The first kappa shape index (κ1) is 28.8. The molecule has 0 spiro atoms. The van der Waals surface area contributed by atoms with E-state index in [2.05, 4.69) is 10.6 Å². The van der Waals surface area contributed by atoms with Gasteiger partial charge in [0.05, 0.1) is 5.75 Å². The van der Waals surface area contributed by atoms with Crippen molar-refractivity contribution in [3.63, 3.8) is 0 Å². The van der Waals surface area contributed by atoms with Crippen molar-refractivity contribution in [2.24, 2.45) is 5.73 Å². The summed E-state index contributed by atoms with van der Waals surface area (Å²) in [5, 5.41) is 22.1. The van der Waals surface area contributed by atoms with Gasteiger partial charge in [0.2, 0.25) is 17.7 Å². The third-order valence-corrected chi connectivity index (χ3v) is 5.49. The zero-order valence-corrected chi connectivity index (χ0v) is 19.6. The summed E-state index contributed by atoms with van der Waals surface area (Å²) in [6, 6.07) is 2.78. The molecule has 1 aromatic rings. The lowest BCUT2D eigenvalue weighted by molar-refractivity contribution is -0.139. The van der Waals surface area contributed by atoms with Gasteiger partial charge in [-0.1, -0.05) is 0 Å².